The zero-order chi connectivity index (χ0) is 11.3. The Kier molecular flexibility index (Phi) is 4.83. The van der Waals surface area contributed by atoms with Gasteiger partial charge >= 0.3 is 0 Å². The summed E-state index contributed by atoms with van der Waals surface area (Å²) in [6, 6.07) is 6.70. The Morgan fingerprint density at radius 2 is 1.93 bits per heavy atom. The van der Waals surface area contributed by atoms with Gasteiger partial charge in [-0.15, -0.1) is 0 Å². The Bertz CT molecular complexity index is 302. The van der Waals surface area contributed by atoms with Gasteiger partial charge in [-0.1, -0.05) is 45.9 Å². The normalized spacial score (nSPS) is 14.2. The van der Waals surface area contributed by atoms with Gasteiger partial charge in [0.05, 0.1) is 0 Å². The number of fused-ring (bicyclic) bond motifs is 1. The summed E-state index contributed by atoms with van der Waals surface area (Å²) in [7, 11) is 0. The molecule has 0 radical (unpaired) electrons. The first kappa shape index (κ1) is 12.3. The predicted molar refractivity (Wildman–Crippen MR) is 67.3 cm³/mol. The molecule has 0 amide bonds. The van der Waals surface area contributed by atoms with Crippen molar-refractivity contribution in [1.82, 2.24) is 5.32 Å². The van der Waals surface area contributed by atoms with Gasteiger partial charge in [-0.05, 0) is 35.6 Å². The van der Waals surface area contributed by atoms with Gasteiger partial charge in [0.15, 0.2) is 0 Å². The molecule has 1 heterocycles. The van der Waals surface area contributed by atoms with Gasteiger partial charge in [0.25, 0.3) is 0 Å². The quantitative estimate of drug-likeness (QED) is 0.740. The molecule has 1 N–H and O–H groups in total. The van der Waals surface area contributed by atoms with Crippen LogP contribution in [0.15, 0.2) is 18.2 Å². The highest BCUT2D eigenvalue weighted by molar-refractivity contribution is 5.38. The largest absolute Gasteiger partial charge is 0.312 e. The first-order valence-corrected chi connectivity index (χ1v) is 6.10. The minimum absolute atomic E-state index is 0.660. The van der Waals surface area contributed by atoms with Crippen LogP contribution in [0, 0.1) is 0 Å². The fourth-order valence-corrected chi connectivity index (χ4v) is 2.10. The molecular formula is C14H23N. The topological polar surface area (TPSA) is 12.0 Å². The first-order valence-electron chi connectivity index (χ1n) is 6.10. The van der Waals surface area contributed by atoms with Gasteiger partial charge in [0.2, 0.25) is 0 Å². The Morgan fingerprint density at radius 1 is 1.20 bits per heavy atom. The van der Waals surface area contributed by atoms with E-state index in [1.165, 1.54) is 12.0 Å². The maximum absolute atomic E-state index is 3.41. The van der Waals surface area contributed by atoms with E-state index in [1.54, 1.807) is 11.1 Å². The molecule has 0 bridgehead atoms. The summed E-state index contributed by atoms with van der Waals surface area (Å²) in [6.45, 7) is 10.7. The van der Waals surface area contributed by atoms with Crippen LogP contribution in [-0.2, 0) is 13.0 Å². The first-order chi connectivity index (χ1) is 7.29. The van der Waals surface area contributed by atoms with E-state index in [2.05, 4.69) is 37.4 Å². The van der Waals surface area contributed by atoms with Crippen molar-refractivity contribution in [1.29, 1.82) is 0 Å². The Hall–Kier alpha value is -0.820. The third-order valence-electron chi connectivity index (χ3n) is 2.80. The van der Waals surface area contributed by atoms with Gasteiger partial charge in [0, 0.05) is 6.54 Å². The van der Waals surface area contributed by atoms with Gasteiger partial charge in [-0.3, -0.25) is 0 Å². The second kappa shape index (κ2) is 5.92. The molecule has 1 nitrogen and oxygen atoms in total. The third-order valence-corrected chi connectivity index (χ3v) is 2.80. The second-order valence-corrected chi connectivity index (χ2v) is 4.07. The standard InChI is InChI=1S/C12H17N.C2H6/c1-9(2)11-5-3-4-10-8-13-7-6-12(10)11;1-2/h3-5,9,13H,6-8H2,1-2H3;1-2H3. The van der Waals surface area contributed by atoms with E-state index in [0.29, 0.717) is 5.92 Å². The van der Waals surface area contributed by atoms with Crippen molar-refractivity contribution in [2.75, 3.05) is 6.54 Å². The molecule has 0 atom stereocenters. The summed E-state index contributed by atoms with van der Waals surface area (Å²) in [5, 5.41) is 3.41. The van der Waals surface area contributed by atoms with Gasteiger partial charge in [-0.2, -0.15) is 0 Å². The molecule has 0 aliphatic carbocycles. The lowest BCUT2D eigenvalue weighted by molar-refractivity contribution is 0.634. The van der Waals surface area contributed by atoms with Crippen molar-refractivity contribution in [2.24, 2.45) is 0 Å². The van der Waals surface area contributed by atoms with Crippen LogP contribution in [0.1, 0.15) is 50.3 Å². The van der Waals surface area contributed by atoms with Crippen molar-refractivity contribution < 1.29 is 0 Å². The minimum atomic E-state index is 0.660. The summed E-state index contributed by atoms with van der Waals surface area (Å²) < 4.78 is 0. The Morgan fingerprint density at radius 3 is 2.60 bits per heavy atom. The fraction of sp³-hybridized carbons (Fsp3) is 0.571. The molecule has 1 heteroatoms. The second-order valence-electron chi connectivity index (χ2n) is 4.07. The van der Waals surface area contributed by atoms with E-state index in [4.69, 9.17) is 0 Å². The van der Waals surface area contributed by atoms with Crippen molar-refractivity contribution >= 4 is 0 Å². The number of nitrogens with one attached hydrogen (secondary N) is 1. The summed E-state index contributed by atoms with van der Waals surface area (Å²) in [6.07, 6.45) is 1.20. The van der Waals surface area contributed by atoms with E-state index in [0.717, 1.165) is 13.1 Å². The van der Waals surface area contributed by atoms with Gasteiger partial charge in [-0.25, -0.2) is 0 Å². The van der Waals surface area contributed by atoms with Crippen LogP contribution in [0.3, 0.4) is 0 Å². The lowest BCUT2D eigenvalue weighted by atomic mass is 9.90. The smallest absolute Gasteiger partial charge is 0.0208 e. The lowest BCUT2D eigenvalue weighted by Gasteiger charge is -2.21. The van der Waals surface area contributed by atoms with Crippen LogP contribution in [-0.4, -0.2) is 6.54 Å². The highest BCUT2D eigenvalue weighted by Crippen LogP contribution is 2.24. The number of rotatable bonds is 1. The van der Waals surface area contributed by atoms with Crippen molar-refractivity contribution in [2.45, 2.75) is 46.6 Å². The van der Waals surface area contributed by atoms with Crippen LogP contribution in [0.5, 0.6) is 0 Å². The number of hydrogen-bond acceptors (Lipinski definition) is 1. The number of hydrogen-bond donors (Lipinski definition) is 1. The molecular weight excluding hydrogens is 182 g/mol. The lowest BCUT2D eigenvalue weighted by Crippen LogP contribution is -2.24. The SMILES string of the molecule is CC.CC(C)c1cccc2c1CCNC2. The average Bonchev–Trinajstić information content (AvgIpc) is 2.31. The molecule has 0 saturated carbocycles. The van der Waals surface area contributed by atoms with Crippen LogP contribution in [0.25, 0.3) is 0 Å². The highest BCUT2D eigenvalue weighted by atomic mass is 14.9. The highest BCUT2D eigenvalue weighted by Gasteiger charge is 2.13. The fourth-order valence-electron chi connectivity index (χ4n) is 2.10. The molecule has 1 aromatic rings. The zero-order valence-electron chi connectivity index (χ0n) is 10.4. The Balaban J connectivity index is 0.000000531. The van der Waals surface area contributed by atoms with Gasteiger partial charge in [0.1, 0.15) is 0 Å². The van der Waals surface area contributed by atoms with Crippen molar-refractivity contribution in [3.63, 3.8) is 0 Å². The summed E-state index contributed by atoms with van der Waals surface area (Å²) >= 11 is 0. The molecule has 1 aliphatic heterocycles. The maximum atomic E-state index is 3.41. The van der Waals surface area contributed by atoms with E-state index in [1.807, 2.05) is 13.8 Å². The molecule has 0 unspecified atom stereocenters. The van der Waals surface area contributed by atoms with Crippen molar-refractivity contribution in [3.8, 4) is 0 Å². The van der Waals surface area contributed by atoms with E-state index in [-0.39, 0.29) is 0 Å². The Labute approximate surface area is 93.9 Å². The van der Waals surface area contributed by atoms with Gasteiger partial charge < -0.3 is 5.32 Å². The van der Waals surface area contributed by atoms with Crippen LogP contribution < -0.4 is 5.32 Å². The number of benzene rings is 1. The van der Waals surface area contributed by atoms with Crippen LogP contribution in [0.2, 0.25) is 0 Å². The summed E-state index contributed by atoms with van der Waals surface area (Å²) in [5.41, 5.74) is 4.63. The van der Waals surface area contributed by atoms with E-state index < -0.39 is 0 Å². The third kappa shape index (κ3) is 2.82. The monoisotopic (exact) mass is 205 g/mol. The van der Waals surface area contributed by atoms with Crippen molar-refractivity contribution in [3.05, 3.63) is 34.9 Å². The average molecular weight is 205 g/mol. The van der Waals surface area contributed by atoms with Crippen LogP contribution >= 0.6 is 0 Å². The molecule has 0 saturated heterocycles. The molecule has 1 aromatic carbocycles. The minimum Gasteiger partial charge on any atom is -0.312 e. The molecule has 0 spiro atoms. The predicted octanol–water partition coefficient (Wildman–Crippen LogP) is 3.48. The maximum Gasteiger partial charge on any atom is 0.0208 e. The molecule has 15 heavy (non-hydrogen) atoms. The molecule has 84 valence electrons. The molecule has 2 rings (SSSR count). The zero-order valence-corrected chi connectivity index (χ0v) is 10.4. The molecule has 1 aliphatic rings. The van der Waals surface area contributed by atoms with E-state index >= 15 is 0 Å². The summed E-state index contributed by atoms with van der Waals surface area (Å²) in [4.78, 5) is 0. The molecule has 0 fully saturated rings. The summed E-state index contributed by atoms with van der Waals surface area (Å²) in [5.74, 6) is 0.660. The van der Waals surface area contributed by atoms with Crippen LogP contribution in [0.4, 0.5) is 0 Å². The van der Waals surface area contributed by atoms with E-state index in [9.17, 15) is 0 Å². The molecule has 0 aromatic heterocycles.